The second-order valence-corrected chi connectivity index (χ2v) is 9.00. The van der Waals surface area contributed by atoms with Crippen LogP contribution in [0.5, 0.6) is 11.5 Å². The first-order chi connectivity index (χ1) is 16.9. The molecule has 0 saturated carbocycles. The number of halogens is 3. The van der Waals surface area contributed by atoms with Gasteiger partial charge in [0.15, 0.2) is 11.5 Å². The number of carbonyl (C=O) groups is 2. The van der Waals surface area contributed by atoms with Crippen molar-refractivity contribution < 1.29 is 23.5 Å². The molecule has 0 unspecified atom stereocenters. The van der Waals surface area contributed by atoms with Gasteiger partial charge in [0.2, 0.25) is 5.91 Å². The van der Waals surface area contributed by atoms with E-state index in [1.807, 2.05) is 24.3 Å². The molecule has 0 spiro atoms. The van der Waals surface area contributed by atoms with Gasteiger partial charge in [-0.15, -0.1) is 0 Å². The van der Waals surface area contributed by atoms with Crippen LogP contribution < -0.4 is 20.2 Å². The number of nitrogens with zero attached hydrogens (tertiary/aromatic N) is 1. The Labute approximate surface area is 219 Å². The van der Waals surface area contributed by atoms with Gasteiger partial charge in [-0.3, -0.25) is 9.59 Å². The predicted octanol–water partition coefficient (Wildman–Crippen LogP) is 5.21. The van der Waals surface area contributed by atoms with Crippen LogP contribution in [0.25, 0.3) is 0 Å². The molecule has 0 aliphatic carbocycles. The predicted molar refractivity (Wildman–Crippen MR) is 138 cm³/mol. The minimum absolute atomic E-state index is 0.0205. The van der Waals surface area contributed by atoms with Crippen LogP contribution in [0.2, 0.25) is 0 Å². The molecule has 0 aliphatic heterocycles. The second kappa shape index (κ2) is 13.0. The SMILES string of the molecule is COc1cc(C=NNC(=O)CCNC(=O)c2ccccc2F)cc(Br)c1OCc1ccc(Br)cc1. The van der Waals surface area contributed by atoms with Crippen molar-refractivity contribution >= 4 is 49.9 Å². The number of hydrogen-bond acceptors (Lipinski definition) is 5. The molecule has 3 rings (SSSR count). The van der Waals surface area contributed by atoms with Gasteiger partial charge >= 0.3 is 0 Å². The van der Waals surface area contributed by atoms with E-state index in [4.69, 9.17) is 9.47 Å². The molecule has 0 radical (unpaired) electrons. The maximum atomic E-state index is 13.6. The Morgan fingerprint density at radius 1 is 1.09 bits per heavy atom. The zero-order valence-corrected chi connectivity index (χ0v) is 21.9. The molecule has 0 heterocycles. The van der Waals surface area contributed by atoms with Gasteiger partial charge in [0.25, 0.3) is 5.91 Å². The van der Waals surface area contributed by atoms with Gasteiger partial charge in [0.1, 0.15) is 12.4 Å². The lowest BCUT2D eigenvalue weighted by Gasteiger charge is -2.13. The zero-order valence-electron chi connectivity index (χ0n) is 18.7. The topological polar surface area (TPSA) is 89.0 Å². The van der Waals surface area contributed by atoms with Crippen LogP contribution in [0.15, 0.2) is 74.7 Å². The van der Waals surface area contributed by atoms with Gasteiger partial charge < -0.3 is 14.8 Å². The fourth-order valence-corrected chi connectivity index (χ4v) is 3.79. The largest absolute Gasteiger partial charge is 0.493 e. The normalized spacial score (nSPS) is 10.7. The Bertz CT molecular complexity index is 1220. The highest BCUT2D eigenvalue weighted by Crippen LogP contribution is 2.36. The third-order valence-electron chi connectivity index (χ3n) is 4.71. The molecule has 0 aliphatic rings. The summed E-state index contributed by atoms with van der Waals surface area (Å²) in [5.74, 6) is -0.568. The van der Waals surface area contributed by atoms with E-state index >= 15 is 0 Å². The number of benzene rings is 3. The van der Waals surface area contributed by atoms with E-state index in [9.17, 15) is 14.0 Å². The number of hydrogen-bond donors (Lipinski definition) is 2. The molecule has 10 heteroatoms. The highest BCUT2D eigenvalue weighted by atomic mass is 79.9. The molecule has 182 valence electrons. The standard InChI is InChI=1S/C25H22Br2FN3O4/c1-34-22-13-17(12-20(27)24(22)35-15-16-6-8-18(26)9-7-16)14-30-31-23(32)10-11-29-25(33)19-4-2-3-5-21(19)28/h2-9,12-14H,10-11,15H2,1H3,(H,29,33)(H,31,32). The van der Waals surface area contributed by atoms with Crippen molar-refractivity contribution in [1.82, 2.24) is 10.7 Å². The Kier molecular flexibility index (Phi) is 9.80. The van der Waals surface area contributed by atoms with Crippen LogP contribution in [-0.2, 0) is 11.4 Å². The Morgan fingerprint density at radius 3 is 2.54 bits per heavy atom. The summed E-state index contributed by atoms with van der Waals surface area (Å²) < 4.78 is 26.6. The Balaban J connectivity index is 1.51. The number of hydrazone groups is 1. The van der Waals surface area contributed by atoms with Crippen LogP contribution in [0.1, 0.15) is 27.9 Å². The Hall–Kier alpha value is -3.24. The van der Waals surface area contributed by atoms with E-state index in [1.54, 1.807) is 18.2 Å². The van der Waals surface area contributed by atoms with Crippen molar-refractivity contribution in [3.63, 3.8) is 0 Å². The molecule has 35 heavy (non-hydrogen) atoms. The molecule has 0 atom stereocenters. The smallest absolute Gasteiger partial charge is 0.254 e. The van der Waals surface area contributed by atoms with Crippen LogP contribution in [-0.4, -0.2) is 31.7 Å². The van der Waals surface area contributed by atoms with E-state index in [0.717, 1.165) is 10.0 Å². The van der Waals surface area contributed by atoms with E-state index in [-0.39, 0.29) is 18.5 Å². The summed E-state index contributed by atoms with van der Waals surface area (Å²) in [6.45, 7) is 0.400. The van der Waals surface area contributed by atoms with Gasteiger partial charge in [0.05, 0.1) is 23.4 Å². The molecule has 3 aromatic rings. The summed E-state index contributed by atoms with van der Waals surface area (Å²) in [7, 11) is 1.53. The molecular weight excluding hydrogens is 585 g/mol. The Morgan fingerprint density at radius 2 is 1.83 bits per heavy atom. The maximum absolute atomic E-state index is 13.6. The summed E-state index contributed by atoms with van der Waals surface area (Å²) in [6, 6.07) is 16.9. The van der Waals surface area contributed by atoms with Crippen molar-refractivity contribution in [3.8, 4) is 11.5 Å². The van der Waals surface area contributed by atoms with E-state index in [0.29, 0.717) is 28.1 Å². The second-order valence-electron chi connectivity index (χ2n) is 7.23. The highest BCUT2D eigenvalue weighted by Gasteiger charge is 2.13. The molecule has 0 aromatic heterocycles. The summed E-state index contributed by atoms with van der Waals surface area (Å²) in [6.07, 6.45) is 1.44. The van der Waals surface area contributed by atoms with Gasteiger partial charge in [-0.25, -0.2) is 9.82 Å². The van der Waals surface area contributed by atoms with Crippen molar-refractivity contribution in [3.05, 3.63) is 92.1 Å². The van der Waals surface area contributed by atoms with E-state index in [2.05, 4.69) is 47.7 Å². The summed E-state index contributed by atoms with van der Waals surface area (Å²) in [4.78, 5) is 24.0. The van der Waals surface area contributed by atoms with Crippen molar-refractivity contribution in [2.45, 2.75) is 13.0 Å². The van der Waals surface area contributed by atoms with Crippen LogP contribution in [0.3, 0.4) is 0 Å². The molecule has 0 saturated heterocycles. The van der Waals surface area contributed by atoms with Gasteiger partial charge in [-0.1, -0.05) is 40.2 Å². The van der Waals surface area contributed by atoms with Crippen LogP contribution in [0, 0.1) is 5.82 Å². The highest BCUT2D eigenvalue weighted by molar-refractivity contribution is 9.10. The zero-order chi connectivity index (χ0) is 25.2. The summed E-state index contributed by atoms with van der Waals surface area (Å²) in [5, 5.41) is 6.44. The van der Waals surface area contributed by atoms with Gasteiger partial charge in [0, 0.05) is 17.4 Å². The lowest BCUT2D eigenvalue weighted by atomic mass is 10.2. The molecule has 7 nitrogen and oxygen atoms in total. The van der Waals surface area contributed by atoms with E-state index < -0.39 is 17.6 Å². The first-order valence-electron chi connectivity index (χ1n) is 10.5. The minimum Gasteiger partial charge on any atom is -0.493 e. The first kappa shape index (κ1) is 26.4. The number of rotatable bonds is 10. The summed E-state index contributed by atoms with van der Waals surface area (Å²) in [5.41, 5.74) is 3.98. The molecule has 0 bridgehead atoms. The lowest BCUT2D eigenvalue weighted by Crippen LogP contribution is -2.29. The monoisotopic (exact) mass is 605 g/mol. The molecule has 2 amide bonds. The number of methoxy groups -OCH3 is 1. The van der Waals surface area contributed by atoms with E-state index in [1.165, 1.54) is 31.5 Å². The van der Waals surface area contributed by atoms with Crippen LogP contribution in [0.4, 0.5) is 4.39 Å². The third kappa shape index (κ3) is 7.90. The quantitative estimate of drug-likeness (QED) is 0.245. The number of ether oxygens (including phenoxy) is 2. The average molecular weight is 607 g/mol. The first-order valence-corrected chi connectivity index (χ1v) is 12.1. The molecule has 3 aromatic carbocycles. The molecular formula is C25H22Br2FN3O4. The van der Waals surface area contributed by atoms with Crippen molar-refractivity contribution in [1.29, 1.82) is 0 Å². The van der Waals surface area contributed by atoms with Crippen molar-refractivity contribution in [2.75, 3.05) is 13.7 Å². The van der Waals surface area contributed by atoms with Crippen LogP contribution >= 0.6 is 31.9 Å². The number of amides is 2. The molecule has 2 N–H and O–H groups in total. The van der Waals surface area contributed by atoms with Gasteiger partial charge in [-0.05, 0) is 63.5 Å². The lowest BCUT2D eigenvalue weighted by molar-refractivity contribution is -0.120. The van der Waals surface area contributed by atoms with Crippen molar-refractivity contribution in [2.24, 2.45) is 5.10 Å². The average Bonchev–Trinajstić information content (AvgIpc) is 2.84. The molecule has 0 fully saturated rings. The minimum atomic E-state index is -0.620. The number of carbonyl (C=O) groups excluding carboxylic acids is 2. The van der Waals surface area contributed by atoms with Gasteiger partial charge in [-0.2, -0.15) is 5.10 Å². The fourth-order valence-electron chi connectivity index (χ4n) is 2.96. The number of nitrogens with one attached hydrogen (secondary N) is 2. The summed E-state index contributed by atoms with van der Waals surface area (Å²) >= 11 is 6.89. The third-order valence-corrected chi connectivity index (χ3v) is 5.82. The maximum Gasteiger partial charge on any atom is 0.254 e. The fraction of sp³-hybridized carbons (Fsp3) is 0.160.